The zero-order chi connectivity index (χ0) is 22.2. The number of hydrogen-bond acceptors (Lipinski definition) is 3. The molecular weight excluding hydrogens is 388 g/mol. The number of carbonyl (C=O) groups is 2. The third-order valence-corrected chi connectivity index (χ3v) is 5.59. The summed E-state index contributed by atoms with van der Waals surface area (Å²) in [7, 11) is 0. The standard InChI is InChI=1S/C26H32N2O3/c1-19(2)22-10-12-24(13-11-22)31-20(3)26(30)28-17-15-23(16-18-28)27-25(29)14-9-21-7-5-4-6-8-21/h4-14,19-20,23H,15-18H2,1-3H3,(H,27,29)/b14-9+. The molecule has 1 atom stereocenters. The van der Waals surface area contributed by atoms with E-state index in [9.17, 15) is 9.59 Å². The summed E-state index contributed by atoms with van der Waals surface area (Å²) in [5, 5.41) is 3.04. The molecule has 1 aliphatic heterocycles. The average molecular weight is 421 g/mol. The van der Waals surface area contributed by atoms with Gasteiger partial charge in [-0.15, -0.1) is 0 Å². The number of likely N-dealkylation sites (tertiary alicyclic amines) is 1. The van der Waals surface area contributed by atoms with Crippen molar-refractivity contribution in [2.24, 2.45) is 0 Å². The number of amides is 2. The third-order valence-electron chi connectivity index (χ3n) is 5.59. The van der Waals surface area contributed by atoms with Crippen LogP contribution in [0.3, 0.4) is 0 Å². The molecule has 1 saturated heterocycles. The van der Waals surface area contributed by atoms with Crippen LogP contribution in [0, 0.1) is 0 Å². The largest absolute Gasteiger partial charge is 0.481 e. The molecule has 2 aromatic rings. The fraction of sp³-hybridized carbons (Fsp3) is 0.385. The van der Waals surface area contributed by atoms with Crippen LogP contribution in [0.25, 0.3) is 6.08 Å². The second-order valence-corrected chi connectivity index (χ2v) is 8.34. The number of nitrogens with one attached hydrogen (secondary N) is 1. The normalized spacial score (nSPS) is 15.8. The quantitative estimate of drug-likeness (QED) is 0.676. The zero-order valence-electron chi connectivity index (χ0n) is 18.6. The van der Waals surface area contributed by atoms with Gasteiger partial charge in [0.15, 0.2) is 6.10 Å². The third kappa shape index (κ3) is 6.71. The van der Waals surface area contributed by atoms with Gasteiger partial charge in [0.1, 0.15) is 5.75 Å². The predicted molar refractivity (Wildman–Crippen MR) is 124 cm³/mol. The maximum absolute atomic E-state index is 12.8. The van der Waals surface area contributed by atoms with E-state index in [0.29, 0.717) is 24.8 Å². The fourth-order valence-corrected chi connectivity index (χ4v) is 3.67. The molecule has 0 aliphatic carbocycles. The van der Waals surface area contributed by atoms with Gasteiger partial charge in [0.2, 0.25) is 5.91 Å². The second-order valence-electron chi connectivity index (χ2n) is 8.34. The summed E-state index contributed by atoms with van der Waals surface area (Å²) < 4.78 is 5.86. The van der Waals surface area contributed by atoms with Crippen LogP contribution in [0.1, 0.15) is 50.7 Å². The fourth-order valence-electron chi connectivity index (χ4n) is 3.67. The molecule has 0 aromatic heterocycles. The minimum atomic E-state index is -0.537. The highest BCUT2D eigenvalue weighted by Crippen LogP contribution is 2.20. The minimum Gasteiger partial charge on any atom is -0.481 e. The summed E-state index contributed by atoms with van der Waals surface area (Å²) in [4.78, 5) is 26.8. The van der Waals surface area contributed by atoms with Crippen molar-refractivity contribution in [3.05, 3.63) is 71.8 Å². The van der Waals surface area contributed by atoms with Crippen molar-refractivity contribution in [1.29, 1.82) is 0 Å². The maximum Gasteiger partial charge on any atom is 0.263 e. The molecule has 5 heteroatoms. The van der Waals surface area contributed by atoms with Gasteiger partial charge in [-0.25, -0.2) is 0 Å². The monoisotopic (exact) mass is 420 g/mol. The van der Waals surface area contributed by atoms with Crippen molar-refractivity contribution in [3.63, 3.8) is 0 Å². The molecule has 1 N–H and O–H groups in total. The van der Waals surface area contributed by atoms with Crippen LogP contribution in [0.5, 0.6) is 5.75 Å². The van der Waals surface area contributed by atoms with Gasteiger partial charge in [-0.2, -0.15) is 0 Å². The molecule has 0 saturated carbocycles. The van der Waals surface area contributed by atoms with Gasteiger partial charge in [-0.05, 0) is 55.0 Å². The van der Waals surface area contributed by atoms with E-state index in [4.69, 9.17) is 4.74 Å². The Morgan fingerprint density at radius 3 is 2.26 bits per heavy atom. The molecule has 1 heterocycles. The molecule has 3 rings (SSSR count). The maximum atomic E-state index is 12.8. The highest BCUT2D eigenvalue weighted by Gasteiger charge is 2.27. The molecule has 1 aliphatic rings. The van der Waals surface area contributed by atoms with Gasteiger partial charge in [-0.1, -0.05) is 56.3 Å². The first kappa shape index (κ1) is 22.6. The Kier molecular flexibility index (Phi) is 7.88. The number of benzene rings is 2. The van der Waals surface area contributed by atoms with Gasteiger partial charge >= 0.3 is 0 Å². The van der Waals surface area contributed by atoms with Gasteiger partial charge in [-0.3, -0.25) is 9.59 Å². The lowest BCUT2D eigenvalue weighted by atomic mass is 10.0. The smallest absolute Gasteiger partial charge is 0.263 e. The minimum absolute atomic E-state index is 0.0123. The van der Waals surface area contributed by atoms with Crippen LogP contribution in [-0.2, 0) is 9.59 Å². The number of piperidine rings is 1. The molecule has 0 spiro atoms. The lowest BCUT2D eigenvalue weighted by molar-refractivity contribution is -0.139. The highest BCUT2D eigenvalue weighted by molar-refractivity contribution is 5.91. The Bertz CT molecular complexity index is 883. The van der Waals surface area contributed by atoms with Crippen LogP contribution in [0.2, 0.25) is 0 Å². The molecule has 164 valence electrons. The molecular formula is C26H32N2O3. The molecule has 2 aromatic carbocycles. The van der Waals surface area contributed by atoms with E-state index in [0.717, 1.165) is 18.4 Å². The van der Waals surface area contributed by atoms with Crippen LogP contribution < -0.4 is 10.1 Å². The first-order valence-electron chi connectivity index (χ1n) is 11.0. The Morgan fingerprint density at radius 2 is 1.65 bits per heavy atom. The van der Waals surface area contributed by atoms with Crippen LogP contribution in [0.15, 0.2) is 60.7 Å². The second kappa shape index (κ2) is 10.8. The topological polar surface area (TPSA) is 58.6 Å². The number of hydrogen-bond donors (Lipinski definition) is 1. The number of rotatable bonds is 7. The van der Waals surface area contributed by atoms with Crippen molar-refractivity contribution in [2.45, 2.75) is 51.7 Å². The van der Waals surface area contributed by atoms with E-state index in [-0.39, 0.29) is 17.9 Å². The van der Waals surface area contributed by atoms with E-state index in [2.05, 4.69) is 19.2 Å². The lowest BCUT2D eigenvalue weighted by Crippen LogP contribution is -2.49. The average Bonchev–Trinajstić information content (AvgIpc) is 2.79. The van der Waals surface area contributed by atoms with E-state index >= 15 is 0 Å². The summed E-state index contributed by atoms with van der Waals surface area (Å²) >= 11 is 0. The summed E-state index contributed by atoms with van der Waals surface area (Å²) in [6.07, 6.45) is 4.32. The van der Waals surface area contributed by atoms with Crippen molar-refractivity contribution in [3.8, 4) is 5.75 Å². The predicted octanol–water partition coefficient (Wildman–Crippen LogP) is 4.40. The van der Waals surface area contributed by atoms with Gasteiger partial charge < -0.3 is 15.0 Å². The Hall–Kier alpha value is -3.08. The van der Waals surface area contributed by atoms with Crippen LogP contribution in [-0.4, -0.2) is 41.9 Å². The summed E-state index contributed by atoms with van der Waals surface area (Å²) in [5.74, 6) is 1.05. The molecule has 1 unspecified atom stereocenters. The summed E-state index contributed by atoms with van der Waals surface area (Å²) in [6, 6.07) is 17.7. The zero-order valence-corrected chi connectivity index (χ0v) is 18.6. The molecule has 0 bridgehead atoms. The van der Waals surface area contributed by atoms with Crippen LogP contribution in [0.4, 0.5) is 0 Å². The van der Waals surface area contributed by atoms with Gasteiger partial charge in [0.25, 0.3) is 5.91 Å². The highest BCUT2D eigenvalue weighted by atomic mass is 16.5. The van der Waals surface area contributed by atoms with E-state index < -0.39 is 6.10 Å². The first-order chi connectivity index (χ1) is 14.9. The van der Waals surface area contributed by atoms with Crippen LogP contribution >= 0.6 is 0 Å². The molecule has 1 fully saturated rings. The molecule has 31 heavy (non-hydrogen) atoms. The van der Waals surface area contributed by atoms with Crippen molar-refractivity contribution < 1.29 is 14.3 Å². The number of carbonyl (C=O) groups excluding carboxylic acids is 2. The van der Waals surface area contributed by atoms with Crippen molar-refractivity contribution >= 4 is 17.9 Å². The summed E-state index contributed by atoms with van der Waals surface area (Å²) in [6.45, 7) is 7.32. The molecule has 5 nitrogen and oxygen atoms in total. The lowest BCUT2D eigenvalue weighted by Gasteiger charge is -2.33. The van der Waals surface area contributed by atoms with Crippen molar-refractivity contribution in [2.75, 3.05) is 13.1 Å². The van der Waals surface area contributed by atoms with Gasteiger partial charge in [0.05, 0.1) is 0 Å². The van der Waals surface area contributed by atoms with Gasteiger partial charge in [0, 0.05) is 25.2 Å². The van der Waals surface area contributed by atoms with Crippen molar-refractivity contribution in [1.82, 2.24) is 10.2 Å². The molecule has 0 radical (unpaired) electrons. The van der Waals surface area contributed by atoms with E-state index in [1.165, 1.54) is 5.56 Å². The Morgan fingerprint density at radius 1 is 1.00 bits per heavy atom. The SMILES string of the molecule is CC(Oc1ccc(C(C)C)cc1)C(=O)N1CCC(NC(=O)/C=C/c2ccccc2)CC1. The number of ether oxygens (including phenoxy) is 1. The first-order valence-corrected chi connectivity index (χ1v) is 11.0. The Labute approximate surface area is 185 Å². The Balaban J connectivity index is 1.43. The molecule has 2 amide bonds. The van der Waals surface area contributed by atoms with E-state index in [1.54, 1.807) is 19.1 Å². The number of nitrogens with zero attached hydrogens (tertiary/aromatic N) is 1. The summed E-state index contributed by atoms with van der Waals surface area (Å²) in [5.41, 5.74) is 2.24. The van der Waals surface area contributed by atoms with E-state index in [1.807, 2.05) is 59.5 Å².